The molecule has 0 aliphatic rings. The molecule has 2 aromatic carbocycles. The maximum Gasteiger partial charge on any atom is 0.340 e. The Balaban J connectivity index is 2.06. The average Bonchev–Trinajstić information content (AvgIpc) is 2.47. The maximum atomic E-state index is 12.0. The number of hydrogen-bond acceptors (Lipinski definition) is 4. The van der Waals surface area contributed by atoms with Gasteiger partial charge in [0.15, 0.2) is 0 Å². The Morgan fingerprint density at radius 2 is 2.05 bits per heavy atom. The molecule has 0 spiro atoms. The molecule has 3 nitrogen and oxygen atoms in total. The fraction of sp³-hybridized carbons (Fsp3) is 0.133. The van der Waals surface area contributed by atoms with Crippen molar-refractivity contribution in [1.82, 2.24) is 0 Å². The van der Waals surface area contributed by atoms with Gasteiger partial charge in [-0.3, -0.25) is 0 Å². The lowest BCUT2D eigenvalue weighted by atomic mass is 10.2. The van der Waals surface area contributed by atoms with Crippen LogP contribution in [0.4, 0.5) is 0 Å². The summed E-state index contributed by atoms with van der Waals surface area (Å²) in [6, 6.07) is 12.2. The topological polar surface area (TPSA) is 35.5 Å². The Kier molecular flexibility index (Phi) is 4.93. The summed E-state index contributed by atoms with van der Waals surface area (Å²) in [6.45, 7) is 0.156. The van der Waals surface area contributed by atoms with Gasteiger partial charge < -0.3 is 9.47 Å². The number of methoxy groups -OCH3 is 1. The molecule has 0 fully saturated rings. The molecule has 0 radical (unpaired) electrons. The largest absolute Gasteiger partial charge is 0.497 e. The highest BCUT2D eigenvalue weighted by atomic mass is 35.5. The predicted molar refractivity (Wildman–Crippen MR) is 80.8 cm³/mol. The number of benzene rings is 2. The molecule has 0 unspecified atom stereocenters. The second kappa shape index (κ2) is 6.68. The van der Waals surface area contributed by atoms with Gasteiger partial charge in [0.2, 0.25) is 0 Å². The third-order valence-corrected chi connectivity index (χ3v) is 3.28. The van der Waals surface area contributed by atoms with Crippen LogP contribution in [0.1, 0.15) is 15.9 Å². The molecular weight excluding hydrogens is 296 g/mol. The van der Waals surface area contributed by atoms with Gasteiger partial charge in [0, 0.05) is 4.90 Å². The van der Waals surface area contributed by atoms with Crippen LogP contribution in [-0.4, -0.2) is 13.1 Å². The Morgan fingerprint density at radius 1 is 1.25 bits per heavy atom. The van der Waals surface area contributed by atoms with E-state index in [2.05, 4.69) is 12.6 Å². The third kappa shape index (κ3) is 3.68. The lowest BCUT2D eigenvalue weighted by Crippen LogP contribution is -2.06. The number of carbonyl (C=O) groups is 1. The van der Waals surface area contributed by atoms with Crippen LogP contribution in [0.3, 0.4) is 0 Å². The molecule has 0 aliphatic carbocycles. The fourth-order valence-electron chi connectivity index (χ4n) is 1.66. The minimum absolute atomic E-state index is 0.156. The third-order valence-electron chi connectivity index (χ3n) is 2.67. The lowest BCUT2D eigenvalue weighted by Gasteiger charge is -2.08. The van der Waals surface area contributed by atoms with Gasteiger partial charge in [-0.15, -0.1) is 12.6 Å². The summed E-state index contributed by atoms with van der Waals surface area (Å²) in [7, 11) is 1.59. The summed E-state index contributed by atoms with van der Waals surface area (Å²) in [6.07, 6.45) is 0. The molecule has 0 bridgehead atoms. The Labute approximate surface area is 127 Å². The molecule has 0 aliphatic heterocycles. The fourth-order valence-corrected chi connectivity index (χ4v) is 2.06. The Hall–Kier alpha value is -1.65. The van der Waals surface area contributed by atoms with Crippen molar-refractivity contribution in [2.75, 3.05) is 7.11 Å². The molecule has 2 rings (SSSR count). The number of rotatable bonds is 4. The van der Waals surface area contributed by atoms with Crippen LogP contribution in [-0.2, 0) is 11.3 Å². The van der Waals surface area contributed by atoms with E-state index in [0.29, 0.717) is 21.2 Å². The molecule has 104 valence electrons. The van der Waals surface area contributed by atoms with Crippen molar-refractivity contribution >= 4 is 30.2 Å². The van der Waals surface area contributed by atoms with Crippen molar-refractivity contribution in [3.8, 4) is 5.75 Å². The molecule has 20 heavy (non-hydrogen) atoms. The highest BCUT2D eigenvalue weighted by molar-refractivity contribution is 7.80. The van der Waals surface area contributed by atoms with E-state index in [9.17, 15) is 4.79 Å². The van der Waals surface area contributed by atoms with E-state index in [1.54, 1.807) is 25.3 Å². The van der Waals surface area contributed by atoms with Crippen molar-refractivity contribution in [3.63, 3.8) is 0 Å². The monoisotopic (exact) mass is 308 g/mol. The summed E-state index contributed by atoms with van der Waals surface area (Å²) in [5, 5.41) is 0.346. The number of esters is 1. The van der Waals surface area contributed by atoms with E-state index in [1.807, 2.05) is 24.3 Å². The van der Waals surface area contributed by atoms with Crippen LogP contribution < -0.4 is 4.74 Å². The first-order valence-corrected chi connectivity index (χ1v) is 6.71. The molecule has 0 heterocycles. The van der Waals surface area contributed by atoms with Gasteiger partial charge in [-0.25, -0.2) is 4.79 Å². The molecule has 5 heteroatoms. The zero-order valence-electron chi connectivity index (χ0n) is 10.8. The second-order valence-electron chi connectivity index (χ2n) is 4.09. The summed E-state index contributed by atoms with van der Waals surface area (Å²) < 4.78 is 10.3. The highest BCUT2D eigenvalue weighted by Crippen LogP contribution is 2.21. The van der Waals surface area contributed by atoms with Crippen LogP contribution in [0.25, 0.3) is 0 Å². The average molecular weight is 309 g/mol. The Bertz CT molecular complexity index is 628. The molecule has 0 saturated carbocycles. The number of halogens is 1. The van der Waals surface area contributed by atoms with Gasteiger partial charge in [-0.1, -0.05) is 23.7 Å². The van der Waals surface area contributed by atoms with Gasteiger partial charge in [0.05, 0.1) is 17.7 Å². The normalized spacial score (nSPS) is 10.2. The number of ether oxygens (including phenoxy) is 2. The minimum Gasteiger partial charge on any atom is -0.497 e. The quantitative estimate of drug-likeness (QED) is 0.685. The van der Waals surface area contributed by atoms with Gasteiger partial charge in [0.1, 0.15) is 12.4 Å². The van der Waals surface area contributed by atoms with Gasteiger partial charge in [-0.05, 0) is 35.9 Å². The molecule has 0 amide bonds. The Morgan fingerprint density at radius 3 is 2.80 bits per heavy atom. The van der Waals surface area contributed by atoms with Crippen LogP contribution in [0.15, 0.2) is 47.4 Å². The van der Waals surface area contributed by atoms with E-state index in [0.717, 1.165) is 5.56 Å². The molecule has 0 N–H and O–H groups in total. The van der Waals surface area contributed by atoms with Crippen molar-refractivity contribution in [2.45, 2.75) is 11.5 Å². The van der Waals surface area contributed by atoms with Crippen LogP contribution in [0.5, 0.6) is 5.75 Å². The number of carbonyl (C=O) groups excluding carboxylic acids is 1. The van der Waals surface area contributed by atoms with Crippen molar-refractivity contribution in [1.29, 1.82) is 0 Å². The van der Waals surface area contributed by atoms with Crippen molar-refractivity contribution in [3.05, 3.63) is 58.6 Å². The highest BCUT2D eigenvalue weighted by Gasteiger charge is 2.12. The minimum atomic E-state index is -0.478. The van der Waals surface area contributed by atoms with E-state index >= 15 is 0 Å². The van der Waals surface area contributed by atoms with Crippen LogP contribution in [0.2, 0.25) is 5.02 Å². The predicted octanol–water partition coefficient (Wildman–Crippen LogP) is 3.99. The van der Waals surface area contributed by atoms with E-state index < -0.39 is 5.97 Å². The van der Waals surface area contributed by atoms with Gasteiger partial charge >= 0.3 is 5.97 Å². The van der Waals surface area contributed by atoms with Crippen molar-refractivity contribution in [2.24, 2.45) is 0 Å². The van der Waals surface area contributed by atoms with E-state index in [4.69, 9.17) is 21.1 Å². The smallest absolute Gasteiger partial charge is 0.340 e. The van der Waals surface area contributed by atoms with Gasteiger partial charge in [-0.2, -0.15) is 0 Å². The first kappa shape index (κ1) is 14.8. The summed E-state index contributed by atoms with van der Waals surface area (Å²) >= 11 is 10.1. The van der Waals surface area contributed by atoms with Crippen molar-refractivity contribution < 1.29 is 14.3 Å². The van der Waals surface area contributed by atoms with Crippen LogP contribution in [0, 0.1) is 0 Å². The summed E-state index contributed by atoms with van der Waals surface area (Å²) in [5.74, 6) is 0.239. The standard InChI is InChI=1S/C15H13ClO3S/c1-18-11-4-2-3-10(7-11)9-19-15(17)13-8-12(20)5-6-14(13)16/h2-8,20H,9H2,1H3. The van der Waals surface area contributed by atoms with E-state index in [1.165, 1.54) is 0 Å². The molecule has 0 saturated heterocycles. The zero-order valence-corrected chi connectivity index (χ0v) is 12.4. The molecule has 0 atom stereocenters. The maximum absolute atomic E-state index is 12.0. The van der Waals surface area contributed by atoms with Gasteiger partial charge in [0.25, 0.3) is 0 Å². The summed E-state index contributed by atoms with van der Waals surface area (Å²) in [5.41, 5.74) is 1.15. The molecule has 0 aromatic heterocycles. The SMILES string of the molecule is COc1cccc(COC(=O)c2cc(S)ccc2Cl)c1. The zero-order chi connectivity index (χ0) is 14.5. The molecule has 2 aromatic rings. The second-order valence-corrected chi connectivity index (χ2v) is 5.02. The number of hydrogen-bond donors (Lipinski definition) is 1. The number of thiol groups is 1. The van der Waals surface area contributed by atoms with Crippen LogP contribution >= 0.6 is 24.2 Å². The lowest BCUT2D eigenvalue weighted by molar-refractivity contribution is 0.0472. The first-order valence-electron chi connectivity index (χ1n) is 5.88. The molecular formula is C15H13ClO3S. The van der Waals surface area contributed by atoms with E-state index in [-0.39, 0.29) is 6.61 Å². The summed E-state index contributed by atoms with van der Waals surface area (Å²) in [4.78, 5) is 12.6. The first-order chi connectivity index (χ1) is 9.60.